The summed E-state index contributed by atoms with van der Waals surface area (Å²) in [6.45, 7) is 15.9. The van der Waals surface area contributed by atoms with Crippen molar-refractivity contribution in [2.24, 2.45) is 0 Å². The Morgan fingerprint density at radius 2 is 1.19 bits per heavy atom. The molecule has 16 heteroatoms. The number of aromatic nitrogens is 2. The lowest BCUT2D eigenvalue weighted by molar-refractivity contribution is -0.00573. The third-order valence-electron chi connectivity index (χ3n) is 10.4. The summed E-state index contributed by atoms with van der Waals surface area (Å²) in [5.74, 6) is -5.63. The van der Waals surface area contributed by atoms with Gasteiger partial charge in [-0.3, -0.25) is 9.59 Å². The Hall–Kier alpha value is -4.12. The topological polar surface area (TPSA) is 113 Å². The summed E-state index contributed by atoms with van der Waals surface area (Å²) >= 11 is 0. The molecular formula is C38H45BF4N4O7. The number of hydrogen-bond donors (Lipinski definition) is 0. The summed E-state index contributed by atoms with van der Waals surface area (Å²) in [7, 11) is -1.67. The maximum Gasteiger partial charge on any atom is 0.498 e. The molecule has 4 atom stereocenters. The first-order valence-corrected chi connectivity index (χ1v) is 18.1. The van der Waals surface area contributed by atoms with E-state index in [4.69, 9.17) is 23.5 Å². The lowest BCUT2D eigenvalue weighted by Gasteiger charge is -2.39. The molecule has 0 amide bonds. The van der Waals surface area contributed by atoms with Crippen molar-refractivity contribution in [1.82, 2.24) is 9.97 Å². The zero-order valence-corrected chi connectivity index (χ0v) is 31.9. The molecule has 2 aromatic carbocycles. The van der Waals surface area contributed by atoms with Gasteiger partial charge in [0.1, 0.15) is 0 Å². The van der Waals surface area contributed by atoms with Crippen LogP contribution in [0.5, 0.6) is 5.88 Å². The van der Waals surface area contributed by atoms with Gasteiger partial charge in [-0.25, -0.2) is 27.5 Å². The molecular weight excluding hydrogens is 711 g/mol. The van der Waals surface area contributed by atoms with Gasteiger partial charge in [-0.2, -0.15) is 0 Å². The highest BCUT2D eigenvalue weighted by Crippen LogP contribution is 2.47. The quantitative estimate of drug-likeness (QED) is 0.148. The second-order valence-corrected chi connectivity index (χ2v) is 15.1. The van der Waals surface area contributed by atoms with E-state index in [0.29, 0.717) is 12.6 Å². The standard InChI is InChI=1S/C38H45BF4N4O7/c1-10-50-26-12-44-25(11-45-26)29-27(23(17-48)35(33(42)31(29)40)46-13-19(2)51-20(3)14-46)28-24(18-49)36(47-15-21(4)52-22(5)16-47)34(43)32(41)30(28)39-53-37(6,7)38(8,9)54-39/h11-12,17-22H,10,13-16H2,1-9H3. The number of morpholine rings is 2. The molecule has 3 saturated heterocycles. The number of nitrogens with zero attached hydrogens (tertiary/aromatic N) is 4. The number of carbonyl (C=O) groups excluding carboxylic acids is 2. The Morgan fingerprint density at radius 1 is 0.722 bits per heavy atom. The largest absolute Gasteiger partial charge is 0.498 e. The zero-order valence-electron chi connectivity index (χ0n) is 31.9. The number of aldehydes is 2. The van der Waals surface area contributed by atoms with Crippen LogP contribution in [0.3, 0.4) is 0 Å². The van der Waals surface area contributed by atoms with E-state index in [0.717, 1.165) is 6.20 Å². The lowest BCUT2D eigenvalue weighted by Crippen LogP contribution is -2.47. The molecule has 0 N–H and O–H groups in total. The molecule has 3 aliphatic heterocycles. The molecule has 0 aliphatic carbocycles. The smallest absolute Gasteiger partial charge is 0.477 e. The minimum atomic E-state index is -1.67. The maximum atomic E-state index is 17.2. The highest BCUT2D eigenvalue weighted by atomic mass is 19.2. The van der Waals surface area contributed by atoms with Crippen molar-refractivity contribution in [3.8, 4) is 28.3 Å². The predicted molar refractivity (Wildman–Crippen MR) is 195 cm³/mol. The maximum absolute atomic E-state index is 17.2. The summed E-state index contributed by atoms with van der Waals surface area (Å²) in [5.41, 5.74) is -6.33. The molecule has 3 aliphatic rings. The summed E-state index contributed by atoms with van der Waals surface area (Å²) in [6.07, 6.45) is 1.10. The first kappa shape index (κ1) is 39.6. The molecule has 0 spiro atoms. The van der Waals surface area contributed by atoms with Crippen molar-refractivity contribution in [3.63, 3.8) is 0 Å². The van der Waals surface area contributed by atoms with E-state index in [1.165, 1.54) is 16.0 Å². The minimum absolute atomic E-state index is 0.0559. The van der Waals surface area contributed by atoms with Gasteiger partial charge in [-0.05, 0) is 67.9 Å². The fourth-order valence-corrected chi connectivity index (χ4v) is 7.60. The summed E-state index contributed by atoms with van der Waals surface area (Å²) < 4.78 is 97.6. The molecule has 3 aromatic rings. The van der Waals surface area contributed by atoms with Gasteiger partial charge in [0.15, 0.2) is 35.8 Å². The van der Waals surface area contributed by atoms with Gasteiger partial charge < -0.3 is 33.3 Å². The average molecular weight is 757 g/mol. The molecule has 0 saturated carbocycles. The third-order valence-corrected chi connectivity index (χ3v) is 10.4. The number of hydrogen-bond acceptors (Lipinski definition) is 11. The summed E-state index contributed by atoms with van der Waals surface area (Å²) in [4.78, 5) is 38.5. The van der Waals surface area contributed by atoms with Gasteiger partial charge >= 0.3 is 7.12 Å². The second-order valence-electron chi connectivity index (χ2n) is 15.1. The Kier molecular flexibility index (Phi) is 10.9. The fraction of sp³-hybridized carbons (Fsp3) is 0.526. The van der Waals surface area contributed by atoms with Crippen molar-refractivity contribution < 1.29 is 50.7 Å². The van der Waals surface area contributed by atoms with Crippen LogP contribution >= 0.6 is 0 Å². The van der Waals surface area contributed by atoms with Crippen LogP contribution in [0.15, 0.2) is 12.4 Å². The number of anilines is 2. The highest BCUT2D eigenvalue weighted by molar-refractivity contribution is 6.64. The predicted octanol–water partition coefficient (Wildman–Crippen LogP) is 5.92. The van der Waals surface area contributed by atoms with Crippen molar-refractivity contribution >= 4 is 36.5 Å². The van der Waals surface area contributed by atoms with Crippen molar-refractivity contribution in [2.75, 3.05) is 42.6 Å². The SMILES string of the molecule is CCOc1cnc(-c2c(F)c(F)c(N3CC(C)OC(C)C3)c(C=O)c2-c2c(C=O)c(N3CC(C)OC(C)C3)c(F)c(F)c2B2OC(C)(C)C(C)(C)O2)cn1. The van der Waals surface area contributed by atoms with Gasteiger partial charge in [0.2, 0.25) is 5.88 Å². The Balaban J connectivity index is 1.80. The molecule has 4 heterocycles. The average Bonchev–Trinajstić information content (AvgIpc) is 3.31. The van der Waals surface area contributed by atoms with Crippen molar-refractivity contribution in [1.29, 1.82) is 0 Å². The van der Waals surface area contributed by atoms with E-state index >= 15 is 17.6 Å². The third kappa shape index (κ3) is 6.86. The van der Waals surface area contributed by atoms with E-state index in [-0.39, 0.29) is 44.4 Å². The van der Waals surface area contributed by atoms with E-state index in [1.807, 2.05) is 0 Å². The molecule has 290 valence electrons. The Bertz CT molecular complexity index is 1910. The lowest BCUT2D eigenvalue weighted by atomic mass is 9.70. The summed E-state index contributed by atoms with van der Waals surface area (Å²) in [6, 6.07) is 0. The van der Waals surface area contributed by atoms with Crippen LogP contribution in [0.25, 0.3) is 22.4 Å². The monoisotopic (exact) mass is 756 g/mol. The molecule has 0 radical (unpaired) electrons. The van der Waals surface area contributed by atoms with Crippen LogP contribution < -0.4 is 20.0 Å². The number of benzene rings is 2. The van der Waals surface area contributed by atoms with Gasteiger partial charge in [0, 0.05) is 53.9 Å². The van der Waals surface area contributed by atoms with E-state index in [1.54, 1.807) is 62.3 Å². The van der Waals surface area contributed by atoms with Gasteiger partial charge in [0.05, 0.1) is 71.7 Å². The number of carbonyl (C=O) groups is 2. The van der Waals surface area contributed by atoms with Gasteiger partial charge in [-0.15, -0.1) is 0 Å². The molecule has 11 nitrogen and oxygen atoms in total. The molecule has 54 heavy (non-hydrogen) atoms. The number of halogens is 4. The zero-order chi connectivity index (χ0) is 39.4. The normalized spacial score (nSPS) is 23.8. The van der Waals surface area contributed by atoms with Crippen LogP contribution in [0, 0.1) is 23.3 Å². The Morgan fingerprint density at radius 3 is 1.61 bits per heavy atom. The van der Waals surface area contributed by atoms with Crippen LogP contribution in [0.2, 0.25) is 0 Å². The molecule has 6 rings (SSSR count). The van der Waals surface area contributed by atoms with Gasteiger partial charge in [0.25, 0.3) is 0 Å². The molecule has 1 aromatic heterocycles. The first-order valence-electron chi connectivity index (χ1n) is 18.1. The van der Waals surface area contributed by atoms with E-state index in [9.17, 15) is 9.59 Å². The van der Waals surface area contributed by atoms with Crippen LogP contribution in [-0.4, -0.2) is 98.1 Å². The number of ether oxygens (including phenoxy) is 3. The minimum Gasteiger partial charge on any atom is -0.477 e. The van der Waals surface area contributed by atoms with Crippen LogP contribution in [0.4, 0.5) is 28.9 Å². The van der Waals surface area contributed by atoms with E-state index in [2.05, 4.69) is 9.97 Å². The first-order chi connectivity index (χ1) is 25.4. The van der Waals surface area contributed by atoms with Gasteiger partial charge in [-0.1, -0.05) is 0 Å². The highest BCUT2D eigenvalue weighted by Gasteiger charge is 2.54. The number of rotatable bonds is 9. The second kappa shape index (κ2) is 14.8. The summed E-state index contributed by atoms with van der Waals surface area (Å²) in [5, 5.41) is 0. The molecule has 3 fully saturated rings. The van der Waals surface area contributed by atoms with Crippen molar-refractivity contribution in [3.05, 3.63) is 46.8 Å². The molecule has 0 bridgehead atoms. The van der Waals surface area contributed by atoms with Crippen LogP contribution in [-0.2, 0) is 18.8 Å². The fourth-order valence-electron chi connectivity index (χ4n) is 7.60. The Labute approximate surface area is 312 Å². The van der Waals surface area contributed by atoms with Crippen molar-refractivity contribution in [2.45, 2.75) is 97.9 Å². The van der Waals surface area contributed by atoms with Crippen LogP contribution in [0.1, 0.15) is 83.0 Å². The molecule has 4 unspecified atom stereocenters. The van der Waals surface area contributed by atoms with E-state index < -0.39 is 111 Å².